The molecule has 184 valence electrons. The van der Waals surface area contributed by atoms with Gasteiger partial charge in [-0.25, -0.2) is 12.7 Å². The molecule has 1 saturated heterocycles. The second-order valence-corrected chi connectivity index (χ2v) is 10.4. The molecule has 0 radical (unpaired) electrons. The van der Waals surface area contributed by atoms with Crippen molar-refractivity contribution in [3.05, 3.63) is 53.6 Å². The Balaban J connectivity index is 1.60. The molecule has 0 saturated carbocycles. The third kappa shape index (κ3) is 5.68. The minimum Gasteiger partial charge on any atom is -0.497 e. The van der Waals surface area contributed by atoms with Crippen LogP contribution in [0.4, 0.5) is 0 Å². The van der Waals surface area contributed by atoms with Gasteiger partial charge in [0, 0.05) is 51.3 Å². The Hall–Kier alpha value is -3.11. The number of carbonyl (C=O) groups excluding carboxylic acids is 2. The second kappa shape index (κ2) is 10.9. The van der Waals surface area contributed by atoms with Crippen LogP contribution in [0.3, 0.4) is 0 Å². The SMILES string of the molecule is COc1cc(OC)cc(C(=O)N2CCC(C(=O)NCc3ccccc3S(=O)(=O)N(C)C)CC2)c1. The Morgan fingerprint density at radius 3 is 2.18 bits per heavy atom. The molecule has 0 spiro atoms. The van der Waals surface area contributed by atoms with Gasteiger partial charge in [0.2, 0.25) is 15.9 Å². The number of hydrogen-bond acceptors (Lipinski definition) is 6. The van der Waals surface area contributed by atoms with E-state index in [0.29, 0.717) is 48.6 Å². The van der Waals surface area contributed by atoms with Crippen molar-refractivity contribution in [3.63, 3.8) is 0 Å². The standard InChI is InChI=1S/C24H31N3O6S/c1-26(2)34(30,31)22-8-6-5-7-18(22)16-25-23(28)17-9-11-27(12-10-17)24(29)19-13-20(32-3)15-21(14-19)33-4/h5-8,13-15,17H,9-12,16H2,1-4H3,(H,25,28). The second-order valence-electron chi connectivity index (χ2n) is 8.28. The maximum atomic E-state index is 13.0. The number of nitrogens with zero attached hydrogens (tertiary/aromatic N) is 2. The van der Waals surface area contributed by atoms with Crippen LogP contribution < -0.4 is 14.8 Å². The average Bonchev–Trinajstić information content (AvgIpc) is 2.86. The summed E-state index contributed by atoms with van der Waals surface area (Å²) in [6.07, 6.45) is 1.05. The van der Waals surface area contributed by atoms with Gasteiger partial charge < -0.3 is 19.7 Å². The summed E-state index contributed by atoms with van der Waals surface area (Å²) in [6.45, 7) is 1.01. The normalized spacial score (nSPS) is 14.7. The number of benzene rings is 2. The molecule has 0 bridgehead atoms. The molecular formula is C24H31N3O6S. The van der Waals surface area contributed by atoms with Crippen molar-refractivity contribution in [1.29, 1.82) is 0 Å². The van der Waals surface area contributed by atoms with Crippen molar-refractivity contribution in [1.82, 2.24) is 14.5 Å². The van der Waals surface area contributed by atoms with Crippen LogP contribution in [0.2, 0.25) is 0 Å². The Morgan fingerprint density at radius 1 is 1.03 bits per heavy atom. The van der Waals surface area contributed by atoms with E-state index in [0.717, 1.165) is 4.31 Å². The molecule has 0 atom stereocenters. The van der Waals surface area contributed by atoms with Crippen molar-refractivity contribution < 1.29 is 27.5 Å². The van der Waals surface area contributed by atoms with Crippen molar-refractivity contribution in [3.8, 4) is 11.5 Å². The fourth-order valence-corrected chi connectivity index (χ4v) is 5.00. The lowest BCUT2D eigenvalue weighted by atomic mass is 9.95. The highest BCUT2D eigenvalue weighted by Gasteiger charge is 2.29. The molecule has 10 heteroatoms. The van der Waals surface area contributed by atoms with Crippen molar-refractivity contribution in [2.24, 2.45) is 5.92 Å². The summed E-state index contributed by atoms with van der Waals surface area (Å²) < 4.78 is 36.8. The van der Waals surface area contributed by atoms with Crippen LogP contribution in [0.25, 0.3) is 0 Å². The van der Waals surface area contributed by atoms with Gasteiger partial charge in [0.15, 0.2) is 0 Å². The predicted molar refractivity (Wildman–Crippen MR) is 127 cm³/mol. The lowest BCUT2D eigenvalue weighted by Gasteiger charge is -2.31. The van der Waals surface area contributed by atoms with Crippen molar-refractivity contribution in [2.45, 2.75) is 24.3 Å². The molecule has 0 aromatic heterocycles. The van der Waals surface area contributed by atoms with Gasteiger partial charge in [0.05, 0.1) is 19.1 Å². The van der Waals surface area contributed by atoms with Crippen LogP contribution in [0.5, 0.6) is 11.5 Å². The molecule has 2 aromatic carbocycles. The molecule has 0 unspecified atom stereocenters. The lowest BCUT2D eigenvalue weighted by Crippen LogP contribution is -2.43. The van der Waals surface area contributed by atoms with Gasteiger partial charge in [0.25, 0.3) is 5.91 Å². The molecule has 1 heterocycles. The van der Waals surface area contributed by atoms with Crippen LogP contribution >= 0.6 is 0 Å². The summed E-state index contributed by atoms with van der Waals surface area (Å²) in [5, 5.41) is 2.87. The highest BCUT2D eigenvalue weighted by Crippen LogP contribution is 2.26. The first kappa shape index (κ1) is 25.5. The third-order valence-corrected chi connectivity index (χ3v) is 7.85. The minimum absolute atomic E-state index is 0.116. The quantitative estimate of drug-likeness (QED) is 0.609. The van der Waals surface area contributed by atoms with Crippen molar-refractivity contribution in [2.75, 3.05) is 41.4 Å². The van der Waals surface area contributed by atoms with Gasteiger partial charge in [-0.05, 0) is 36.6 Å². The number of amides is 2. The number of carbonyl (C=O) groups is 2. The summed E-state index contributed by atoms with van der Waals surface area (Å²) >= 11 is 0. The zero-order chi connectivity index (χ0) is 24.9. The lowest BCUT2D eigenvalue weighted by molar-refractivity contribution is -0.126. The summed E-state index contributed by atoms with van der Waals surface area (Å²) in [7, 11) is 2.39. The van der Waals surface area contributed by atoms with E-state index in [-0.39, 0.29) is 29.2 Å². The van der Waals surface area contributed by atoms with Gasteiger partial charge in [-0.3, -0.25) is 9.59 Å². The molecule has 2 aromatic rings. The van der Waals surface area contributed by atoms with E-state index in [4.69, 9.17) is 9.47 Å². The molecule has 1 aliphatic rings. The van der Waals surface area contributed by atoms with Gasteiger partial charge in [0.1, 0.15) is 11.5 Å². The highest BCUT2D eigenvalue weighted by atomic mass is 32.2. The van der Waals surface area contributed by atoms with E-state index in [9.17, 15) is 18.0 Å². The zero-order valence-corrected chi connectivity index (χ0v) is 20.7. The molecule has 3 rings (SSSR count). The number of rotatable bonds is 8. The van der Waals surface area contributed by atoms with Crippen LogP contribution in [-0.2, 0) is 21.4 Å². The first-order valence-electron chi connectivity index (χ1n) is 11.0. The van der Waals surface area contributed by atoms with E-state index in [1.165, 1.54) is 34.4 Å². The molecule has 1 aliphatic heterocycles. The molecule has 9 nitrogen and oxygen atoms in total. The monoisotopic (exact) mass is 489 g/mol. The molecule has 34 heavy (non-hydrogen) atoms. The maximum absolute atomic E-state index is 13.0. The third-order valence-electron chi connectivity index (χ3n) is 5.94. The average molecular weight is 490 g/mol. The molecule has 1 fully saturated rings. The summed E-state index contributed by atoms with van der Waals surface area (Å²) in [6, 6.07) is 11.7. The van der Waals surface area contributed by atoms with Gasteiger partial charge in [-0.15, -0.1) is 0 Å². The predicted octanol–water partition coefficient (Wildman–Crippen LogP) is 2.12. The van der Waals surface area contributed by atoms with E-state index >= 15 is 0 Å². The number of nitrogens with one attached hydrogen (secondary N) is 1. The summed E-state index contributed by atoms with van der Waals surface area (Å²) in [4.78, 5) is 27.6. The van der Waals surface area contributed by atoms with Crippen LogP contribution in [-0.4, -0.2) is 70.8 Å². The van der Waals surface area contributed by atoms with Crippen LogP contribution in [0.1, 0.15) is 28.8 Å². The molecular weight excluding hydrogens is 458 g/mol. The maximum Gasteiger partial charge on any atom is 0.254 e. The highest BCUT2D eigenvalue weighted by molar-refractivity contribution is 7.89. The smallest absolute Gasteiger partial charge is 0.254 e. The summed E-state index contributed by atoms with van der Waals surface area (Å²) in [5.74, 6) is 0.537. The van der Waals surface area contributed by atoms with Crippen molar-refractivity contribution >= 4 is 21.8 Å². The van der Waals surface area contributed by atoms with E-state index < -0.39 is 10.0 Å². The van der Waals surface area contributed by atoms with Gasteiger partial charge in [-0.1, -0.05) is 18.2 Å². The van der Waals surface area contributed by atoms with Gasteiger partial charge in [-0.2, -0.15) is 0 Å². The molecule has 1 N–H and O–H groups in total. The number of ether oxygens (including phenoxy) is 2. The van der Waals surface area contributed by atoms with Crippen LogP contribution in [0.15, 0.2) is 47.4 Å². The van der Waals surface area contributed by atoms with Gasteiger partial charge >= 0.3 is 0 Å². The Morgan fingerprint density at radius 2 is 1.62 bits per heavy atom. The van der Waals surface area contributed by atoms with Crippen LogP contribution in [0, 0.1) is 5.92 Å². The Bertz CT molecular complexity index is 1120. The Labute approximate surface area is 200 Å². The fraction of sp³-hybridized carbons (Fsp3) is 0.417. The zero-order valence-electron chi connectivity index (χ0n) is 19.9. The van der Waals surface area contributed by atoms with E-state index in [1.807, 2.05) is 0 Å². The number of sulfonamides is 1. The fourth-order valence-electron chi connectivity index (χ4n) is 3.88. The number of likely N-dealkylation sites (tertiary alicyclic amines) is 1. The Kier molecular flexibility index (Phi) is 8.16. The number of hydrogen-bond donors (Lipinski definition) is 1. The van der Waals surface area contributed by atoms with E-state index in [1.54, 1.807) is 41.3 Å². The first-order valence-corrected chi connectivity index (χ1v) is 12.4. The molecule has 0 aliphatic carbocycles. The first-order chi connectivity index (χ1) is 16.2. The summed E-state index contributed by atoms with van der Waals surface area (Å²) in [5.41, 5.74) is 1.00. The number of methoxy groups -OCH3 is 2. The topological polar surface area (TPSA) is 105 Å². The molecule has 2 amide bonds. The largest absolute Gasteiger partial charge is 0.497 e. The van der Waals surface area contributed by atoms with E-state index in [2.05, 4.69) is 5.32 Å². The number of piperidine rings is 1. The minimum atomic E-state index is -3.61.